The third-order valence-electron chi connectivity index (χ3n) is 5.28. The Kier molecular flexibility index (Phi) is 3.34. The van der Waals surface area contributed by atoms with Crippen molar-refractivity contribution in [3.05, 3.63) is 29.3 Å². The fourth-order valence-electron chi connectivity index (χ4n) is 4.00. The van der Waals surface area contributed by atoms with Gasteiger partial charge in [-0.2, -0.15) is 0 Å². The van der Waals surface area contributed by atoms with Crippen LogP contribution in [0.25, 0.3) is 0 Å². The molecule has 2 bridgehead atoms. The van der Waals surface area contributed by atoms with E-state index in [0.29, 0.717) is 12.0 Å². The van der Waals surface area contributed by atoms with Gasteiger partial charge >= 0.3 is 0 Å². The number of benzene rings is 1. The van der Waals surface area contributed by atoms with E-state index in [4.69, 9.17) is 0 Å². The topological polar surface area (TPSA) is 44.4 Å². The van der Waals surface area contributed by atoms with E-state index in [9.17, 15) is 4.79 Å². The van der Waals surface area contributed by atoms with Gasteiger partial charge in [-0.3, -0.25) is 4.79 Å². The van der Waals surface area contributed by atoms with Crippen LogP contribution in [0.4, 0.5) is 5.69 Å². The molecule has 4 heterocycles. The lowest BCUT2D eigenvalue weighted by molar-refractivity contribution is 0.0620. The van der Waals surface area contributed by atoms with E-state index >= 15 is 0 Å². The molecule has 0 aromatic heterocycles. The quantitative estimate of drug-likeness (QED) is 0.872. The standard InChI is InChI=1S/C17H23N3O/c21-17(19-16-11-20-8-5-12(16)6-9-20)14-3-4-15-13(10-14)2-1-7-18-15/h3-4,10,12,16,18H,1-2,5-9,11H2,(H,19,21). The normalized spacial score (nSPS) is 30.4. The summed E-state index contributed by atoms with van der Waals surface area (Å²) in [5, 5.41) is 6.67. The maximum atomic E-state index is 12.5. The monoisotopic (exact) mass is 285 g/mol. The summed E-state index contributed by atoms with van der Waals surface area (Å²) in [5.74, 6) is 0.778. The van der Waals surface area contributed by atoms with Crippen molar-refractivity contribution in [2.24, 2.45) is 5.92 Å². The molecule has 3 saturated heterocycles. The largest absolute Gasteiger partial charge is 0.385 e. The molecule has 21 heavy (non-hydrogen) atoms. The van der Waals surface area contributed by atoms with Crippen LogP contribution < -0.4 is 10.6 Å². The van der Waals surface area contributed by atoms with Crippen LogP contribution in [0, 0.1) is 5.92 Å². The summed E-state index contributed by atoms with van der Waals surface area (Å²) >= 11 is 0. The Morgan fingerprint density at radius 1 is 1.29 bits per heavy atom. The Balaban J connectivity index is 1.47. The van der Waals surface area contributed by atoms with Crippen molar-refractivity contribution in [3.63, 3.8) is 0 Å². The van der Waals surface area contributed by atoms with Gasteiger partial charge in [0.25, 0.3) is 5.91 Å². The van der Waals surface area contributed by atoms with Crippen LogP contribution in [0.15, 0.2) is 18.2 Å². The first kappa shape index (κ1) is 13.1. The molecule has 1 unspecified atom stereocenters. The molecule has 0 saturated carbocycles. The van der Waals surface area contributed by atoms with Crippen molar-refractivity contribution >= 4 is 11.6 Å². The molecule has 4 aliphatic rings. The Labute approximate surface area is 125 Å². The minimum Gasteiger partial charge on any atom is -0.385 e. The van der Waals surface area contributed by atoms with Gasteiger partial charge < -0.3 is 15.5 Å². The summed E-state index contributed by atoms with van der Waals surface area (Å²) in [4.78, 5) is 15.0. The van der Waals surface area contributed by atoms with Crippen LogP contribution in [-0.2, 0) is 6.42 Å². The van der Waals surface area contributed by atoms with Crippen LogP contribution in [0.1, 0.15) is 35.2 Å². The van der Waals surface area contributed by atoms with Gasteiger partial charge in [-0.1, -0.05) is 0 Å². The Bertz CT molecular complexity index is 549. The number of aryl methyl sites for hydroxylation is 1. The summed E-state index contributed by atoms with van der Waals surface area (Å²) in [6.07, 6.45) is 4.69. The lowest BCUT2D eigenvalue weighted by Crippen LogP contribution is -2.57. The summed E-state index contributed by atoms with van der Waals surface area (Å²) in [6, 6.07) is 6.42. The van der Waals surface area contributed by atoms with Crippen molar-refractivity contribution in [1.82, 2.24) is 10.2 Å². The zero-order valence-electron chi connectivity index (χ0n) is 12.4. The van der Waals surface area contributed by atoms with Gasteiger partial charge in [0.05, 0.1) is 0 Å². The van der Waals surface area contributed by atoms with Gasteiger partial charge in [0.15, 0.2) is 0 Å². The fourth-order valence-corrected chi connectivity index (χ4v) is 4.00. The molecule has 0 radical (unpaired) electrons. The third-order valence-corrected chi connectivity index (χ3v) is 5.28. The molecule has 1 aromatic carbocycles. The number of piperidine rings is 3. The smallest absolute Gasteiger partial charge is 0.251 e. The second kappa shape index (κ2) is 5.34. The van der Waals surface area contributed by atoms with E-state index in [0.717, 1.165) is 31.5 Å². The molecule has 1 atom stereocenters. The predicted octanol–water partition coefficient (Wildman–Crippen LogP) is 1.87. The number of anilines is 1. The number of amides is 1. The molecular weight excluding hydrogens is 262 g/mol. The minimum absolute atomic E-state index is 0.0992. The molecule has 5 rings (SSSR count). The van der Waals surface area contributed by atoms with Crippen LogP contribution in [0.3, 0.4) is 0 Å². The Hall–Kier alpha value is -1.55. The highest BCUT2D eigenvalue weighted by Crippen LogP contribution is 2.28. The highest BCUT2D eigenvalue weighted by Gasteiger charge is 2.34. The Morgan fingerprint density at radius 2 is 2.14 bits per heavy atom. The first-order valence-corrected chi connectivity index (χ1v) is 8.19. The third kappa shape index (κ3) is 2.53. The SMILES string of the molecule is O=C(NC1CN2CCC1CC2)c1ccc2c(c1)CCCN2. The lowest BCUT2D eigenvalue weighted by atomic mass is 9.84. The van der Waals surface area contributed by atoms with Gasteiger partial charge in [0.2, 0.25) is 0 Å². The minimum atomic E-state index is 0.0992. The van der Waals surface area contributed by atoms with E-state index in [1.807, 2.05) is 6.07 Å². The highest BCUT2D eigenvalue weighted by molar-refractivity contribution is 5.95. The molecule has 4 heteroatoms. The number of hydrogen-bond donors (Lipinski definition) is 2. The maximum absolute atomic E-state index is 12.5. The number of rotatable bonds is 2. The average Bonchev–Trinajstić information content (AvgIpc) is 2.55. The average molecular weight is 285 g/mol. The Morgan fingerprint density at radius 3 is 2.90 bits per heavy atom. The van der Waals surface area contributed by atoms with E-state index in [2.05, 4.69) is 27.7 Å². The second-order valence-electron chi connectivity index (χ2n) is 6.62. The van der Waals surface area contributed by atoms with Gasteiger partial charge in [0.1, 0.15) is 0 Å². The van der Waals surface area contributed by atoms with Crippen molar-refractivity contribution in [3.8, 4) is 0 Å². The van der Waals surface area contributed by atoms with Crippen molar-refractivity contribution in [1.29, 1.82) is 0 Å². The zero-order chi connectivity index (χ0) is 14.2. The number of nitrogens with zero attached hydrogens (tertiary/aromatic N) is 1. The lowest BCUT2D eigenvalue weighted by Gasteiger charge is -2.44. The molecule has 0 aliphatic carbocycles. The molecule has 4 nitrogen and oxygen atoms in total. The molecule has 112 valence electrons. The van der Waals surface area contributed by atoms with Crippen LogP contribution in [-0.4, -0.2) is 43.0 Å². The van der Waals surface area contributed by atoms with Crippen LogP contribution in [0.2, 0.25) is 0 Å². The number of nitrogens with one attached hydrogen (secondary N) is 2. The second-order valence-corrected chi connectivity index (χ2v) is 6.62. The van der Waals surface area contributed by atoms with Crippen molar-refractivity contribution in [2.45, 2.75) is 31.7 Å². The zero-order valence-corrected chi connectivity index (χ0v) is 12.4. The number of fused-ring (bicyclic) bond motifs is 4. The maximum Gasteiger partial charge on any atom is 0.251 e. The van der Waals surface area contributed by atoms with Gasteiger partial charge in [-0.25, -0.2) is 0 Å². The van der Waals surface area contributed by atoms with E-state index in [-0.39, 0.29) is 5.91 Å². The number of carbonyl (C=O) groups is 1. The van der Waals surface area contributed by atoms with Crippen molar-refractivity contribution in [2.75, 3.05) is 31.5 Å². The fraction of sp³-hybridized carbons (Fsp3) is 0.588. The molecule has 0 spiro atoms. The molecule has 2 N–H and O–H groups in total. The highest BCUT2D eigenvalue weighted by atomic mass is 16.1. The predicted molar refractivity (Wildman–Crippen MR) is 83.7 cm³/mol. The summed E-state index contributed by atoms with van der Waals surface area (Å²) in [5.41, 5.74) is 3.29. The molecule has 4 aliphatic heterocycles. The summed E-state index contributed by atoms with van der Waals surface area (Å²) in [6.45, 7) is 4.49. The van der Waals surface area contributed by atoms with Gasteiger partial charge in [-0.15, -0.1) is 0 Å². The molecule has 3 fully saturated rings. The number of hydrogen-bond acceptors (Lipinski definition) is 3. The molecule has 1 aromatic rings. The first-order chi connectivity index (χ1) is 10.3. The van der Waals surface area contributed by atoms with Crippen molar-refractivity contribution < 1.29 is 4.79 Å². The summed E-state index contributed by atoms with van der Waals surface area (Å²) < 4.78 is 0. The molecule has 1 amide bonds. The van der Waals surface area contributed by atoms with E-state index < -0.39 is 0 Å². The van der Waals surface area contributed by atoms with Gasteiger partial charge in [0, 0.05) is 30.4 Å². The number of carbonyl (C=O) groups excluding carboxylic acids is 1. The van der Waals surface area contributed by atoms with E-state index in [1.165, 1.54) is 37.2 Å². The van der Waals surface area contributed by atoms with Crippen LogP contribution in [0.5, 0.6) is 0 Å². The molecular formula is C17H23N3O. The van der Waals surface area contributed by atoms with E-state index in [1.54, 1.807) is 0 Å². The first-order valence-electron chi connectivity index (χ1n) is 8.19. The van der Waals surface area contributed by atoms with Crippen LogP contribution >= 0.6 is 0 Å². The van der Waals surface area contributed by atoms with Gasteiger partial charge in [-0.05, 0) is 68.5 Å². The summed E-state index contributed by atoms with van der Waals surface area (Å²) in [7, 11) is 0.